The van der Waals surface area contributed by atoms with E-state index in [1.165, 1.54) is 23.0 Å². The Labute approximate surface area is 134 Å². The maximum absolute atomic E-state index is 12.8. The van der Waals surface area contributed by atoms with Gasteiger partial charge >= 0.3 is 5.82 Å². The molecule has 0 aliphatic rings. The van der Waals surface area contributed by atoms with Crippen LogP contribution in [0.5, 0.6) is 0 Å². The quantitative estimate of drug-likeness (QED) is 0.494. The van der Waals surface area contributed by atoms with Crippen LogP contribution >= 0.6 is 11.3 Å². The molecule has 2 rings (SSSR count). The number of nitrogens with one attached hydrogen (secondary N) is 1. The topological polar surface area (TPSA) is 102 Å². The molecule has 0 spiro atoms. The summed E-state index contributed by atoms with van der Waals surface area (Å²) in [6, 6.07) is 4.20. The predicted molar refractivity (Wildman–Crippen MR) is 82.8 cm³/mol. The predicted octanol–water partition coefficient (Wildman–Crippen LogP) is 2.09. The van der Waals surface area contributed by atoms with Gasteiger partial charge in [0.15, 0.2) is 5.13 Å². The van der Waals surface area contributed by atoms with Crippen LogP contribution in [0.4, 0.5) is 10.2 Å². The summed E-state index contributed by atoms with van der Waals surface area (Å²) < 4.78 is 14.2. The number of aromatic nitrogens is 2. The molecular weight excluding hydrogens is 325 g/mol. The van der Waals surface area contributed by atoms with Crippen LogP contribution in [0.3, 0.4) is 0 Å². The summed E-state index contributed by atoms with van der Waals surface area (Å²) in [7, 11) is 0. The van der Waals surface area contributed by atoms with E-state index >= 15 is 0 Å². The van der Waals surface area contributed by atoms with Crippen LogP contribution in [-0.2, 0) is 11.3 Å². The number of nitrogens with zero attached hydrogens (tertiary/aromatic N) is 4. The van der Waals surface area contributed by atoms with Gasteiger partial charge in [-0.15, -0.1) is 11.3 Å². The molecule has 0 radical (unpaired) electrons. The van der Waals surface area contributed by atoms with Crippen molar-refractivity contribution in [1.82, 2.24) is 15.2 Å². The SMILES string of the molecule is Cc1cc([N+](=O)[O-])nn1C[C@H](C)C(=O)N/N=C\c1ccc(F)s1. The van der Waals surface area contributed by atoms with Crippen molar-refractivity contribution in [3.63, 3.8) is 0 Å². The van der Waals surface area contributed by atoms with Crippen molar-refractivity contribution >= 4 is 29.3 Å². The number of nitro groups is 1. The van der Waals surface area contributed by atoms with Crippen LogP contribution in [0, 0.1) is 28.1 Å². The lowest BCUT2D eigenvalue weighted by Gasteiger charge is -2.08. The molecule has 0 saturated carbocycles. The Bertz CT molecular complexity index is 755. The monoisotopic (exact) mass is 339 g/mol. The second-order valence-electron chi connectivity index (χ2n) is 4.86. The summed E-state index contributed by atoms with van der Waals surface area (Å²) in [6.07, 6.45) is 1.35. The Morgan fingerprint density at radius 2 is 2.39 bits per heavy atom. The fourth-order valence-corrected chi connectivity index (χ4v) is 2.38. The lowest BCUT2D eigenvalue weighted by atomic mass is 10.2. The van der Waals surface area contributed by atoms with E-state index in [1.54, 1.807) is 19.9 Å². The average molecular weight is 339 g/mol. The first kappa shape index (κ1) is 16.7. The molecule has 0 unspecified atom stereocenters. The lowest BCUT2D eigenvalue weighted by Crippen LogP contribution is -2.28. The van der Waals surface area contributed by atoms with Gasteiger partial charge in [0.25, 0.3) is 0 Å². The molecule has 1 amide bonds. The molecule has 0 saturated heterocycles. The van der Waals surface area contributed by atoms with Gasteiger partial charge in [0.05, 0.1) is 40.4 Å². The van der Waals surface area contributed by atoms with E-state index in [4.69, 9.17) is 0 Å². The lowest BCUT2D eigenvalue weighted by molar-refractivity contribution is -0.389. The van der Waals surface area contributed by atoms with Crippen molar-refractivity contribution in [2.75, 3.05) is 0 Å². The van der Waals surface area contributed by atoms with Gasteiger partial charge in [0.2, 0.25) is 5.91 Å². The van der Waals surface area contributed by atoms with E-state index in [1.807, 2.05) is 0 Å². The first-order valence-corrected chi connectivity index (χ1v) is 7.45. The standard InChI is InChI=1S/C13H14FN5O3S/c1-8(7-18-9(2)5-12(17-18)19(21)22)13(20)16-15-6-10-3-4-11(14)23-10/h3-6,8H,7H2,1-2H3,(H,16,20)/b15-6-/t8-/m0/s1. The molecule has 0 aromatic carbocycles. The molecule has 1 atom stereocenters. The largest absolute Gasteiger partial charge is 0.390 e. The minimum absolute atomic E-state index is 0.189. The minimum Gasteiger partial charge on any atom is -0.358 e. The summed E-state index contributed by atoms with van der Waals surface area (Å²) in [5, 5.41) is 17.9. The van der Waals surface area contributed by atoms with Crippen molar-refractivity contribution < 1.29 is 14.1 Å². The molecule has 2 aromatic heterocycles. The van der Waals surface area contributed by atoms with Gasteiger partial charge in [-0.2, -0.15) is 14.2 Å². The molecule has 0 fully saturated rings. The van der Waals surface area contributed by atoms with Crippen LogP contribution < -0.4 is 5.43 Å². The number of carbonyl (C=O) groups excluding carboxylic acids is 1. The number of hydrazone groups is 1. The zero-order chi connectivity index (χ0) is 17.0. The van der Waals surface area contributed by atoms with Crippen molar-refractivity contribution in [3.05, 3.63) is 44.0 Å². The Balaban J connectivity index is 1.92. The molecule has 0 aliphatic carbocycles. The van der Waals surface area contributed by atoms with Crippen LogP contribution in [0.15, 0.2) is 23.3 Å². The summed E-state index contributed by atoms with van der Waals surface area (Å²) in [5.74, 6) is -1.12. The number of aryl methyl sites for hydroxylation is 1. The second kappa shape index (κ2) is 7.09. The third-order valence-electron chi connectivity index (χ3n) is 3.01. The van der Waals surface area contributed by atoms with Crippen molar-refractivity contribution in [1.29, 1.82) is 0 Å². The number of hydrogen-bond donors (Lipinski definition) is 1. The van der Waals surface area contributed by atoms with Crippen molar-refractivity contribution in [2.24, 2.45) is 11.0 Å². The summed E-state index contributed by atoms with van der Waals surface area (Å²) in [6.45, 7) is 3.52. The number of carbonyl (C=O) groups is 1. The van der Waals surface area contributed by atoms with E-state index in [0.29, 0.717) is 10.6 Å². The summed E-state index contributed by atoms with van der Waals surface area (Å²) in [5.41, 5.74) is 2.94. The molecule has 122 valence electrons. The average Bonchev–Trinajstić information content (AvgIpc) is 3.05. The van der Waals surface area contributed by atoms with E-state index in [9.17, 15) is 19.3 Å². The minimum atomic E-state index is -0.585. The van der Waals surface area contributed by atoms with Crippen molar-refractivity contribution in [2.45, 2.75) is 20.4 Å². The molecule has 0 aliphatic heterocycles. The highest BCUT2D eigenvalue weighted by Crippen LogP contribution is 2.13. The van der Waals surface area contributed by atoms with Crippen LogP contribution in [-0.4, -0.2) is 26.8 Å². The number of halogens is 1. The molecular formula is C13H14FN5O3S. The number of rotatable bonds is 6. The van der Waals surface area contributed by atoms with Crippen LogP contribution in [0.25, 0.3) is 0 Å². The van der Waals surface area contributed by atoms with E-state index in [2.05, 4.69) is 15.6 Å². The normalized spacial score (nSPS) is 12.5. The van der Waals surface area contributed by atoms with E-state index < -0.39 is 10.8 Å². The number of amides is 1. The van der Waals surface area contributed by atoms with Gasteiger partial charge in [-0.25, -0.2) is 5.43 Å². The Morgan fingerprint density at radius 1 is 1.65 bits per heavy atom. The zero-order valence-electron chi connectivity index (χ0n) is 12.4. The Hall–Kier alpha value is -2.62. The number of hydrogen-bond acceptors (Lipinski definition) is 6. The smallest absolute Gasteiger partial charge is 0.358 e. The van der Waals surface area contributed by atoms with Gasteiger partial charge in [-0.05, 0) is 24.0 Å². The second-order valence-corrected chi connectivity index (χ2v) is 5.93. The molecule has 2 heterocycles. The first-order chi connectivity index (χ1) is 10.9. The zero-order valence-corrected chi connectivity index (χ0v) is 13.2. The third-order valence-corrected chi connectivity index (χ3v) is 3.82. The fraction of sp³-hybridized carbons (Fsp3) is 0.308. The molecule has 8 nitrogen and oxygen atoms in total. The highest BCUT2D eigenvalue weighted by Gasteiger charge is 2.20. The molecule has 23 heavy (non-hydrogen) atoms. The Morgan fingerprint density at radius 3 is 2.96 bits per heavy atom. The number of thiophene rings is 1. The van der Waals surface area contributed by atoms with E-state index in [0.717, 1.165) is 11.3 Å². The van der Waals surface area contributed by atoms with Gasteiger partial charge in [-0.3, -0.25) is 4.79 Å². The van der Waals surface area contributed by atoms with Gasteiger partial charge in [0, 0.05) is 0 Å². The van der Waals surface area contributed by atoms with Gasteiger partial charge in [0.1, 0.15) is 0 Å². The fourth-order valence-electron chi connectivity index (χ4n) is 1.78. The first-order valence-electron chi connectivity index (χ1n) is 6.64. The third kappa shape index (κ3) is 4.42. The molecule has 0 bridgehead atoms. The molecule has 1 N–H and O–H groups in total. The molecule has 2 aromatic rings. The summed E-state index contributed by atoms with van der Waals surface area (Å²) in [4.78, 5) is 22.6. The summed E-state index contributed by atoms with van der Waals surface area (Å²) >= 11 is 0.913. The Kier molecular flexibility index (Phi) is 5.16. The van der Waals surface area contributed by atoms with E-state index in [-0.39, 0.29) is 23.4 Å². The van der Waals surface area contributed by atoms with Gasteiger partial charge < -0.3 is 10.1 Å². The highest BCUT2D eigenvalue weighted by molar-refractivity contribution is 7.12. The highest BCUT2D eigenvalue weighted by atomic mass is 32.1. The molecule has 10 heteroatoms. The van der Waals surface area contributed by atoms with Crippen LogP contribution in [0.1, 0.15) is 17.5 Å². The van der Waals surface area contributed by atoms with Crippen LogP contribution in [0.2, 0.25) is 0 Å². The van der Waals surface area contributed by atoms with Crippen molar-refractivity contribution in [3.8, 4) is 0 Å². The van der Waals surface area contributed by atoms with Gasteiger partial charge in [-0.1, -0.05) is 6.92 Å². The maximum Gasteiger partial charge on any atom is 0.390 e. The maximum atomic E-state index is 12.8.